The molecular weight excluding hydrogens is 552 g/mol. The zero-order chi connectivity index (χ0) is 30.3. The van der Waals surface area contributed by atoms with Crippen molar-refractivity contribution in [1.82, 2.24) is 0 Å². The summed E-state index contributed by atoms with van der Waals surface area (Å²) in [6, 6.07) is 8.93. The van der Waals surface area contributed by atoms with Gasteiger partial charge < -0.3 is 50.3 Å². The Morgan fingerprint density at radius 1 is 0.571 bits per heavy atom. The van der Waals surface area contributed by atoms with Crippen molar-refractivity contribution in [3.05, 3.63) is 69.8 Å². The summed E-state index contributed by atoms with van der Waals surface area (Å²) in [4.78, 5) is 27.3. The maximum absolute atomic E-state index is 13.9. The Hall–Kier alpha value is -3.50. The molecule has 0 saturated carbocycles. The molecule has 0 radical (unpaired) electrons. The van der Waals surface area contributed by atoms with Crippen molar-refractivity contribution in [2.75, 3.05) is 13.2 Å². The fourth-order valence-electron chi connectivity index (χ4n) is 5.19. The van der Waals surface area contributed by atoms with Crippen LogP contribution in [0.5, 0.6) is 0 Å². The van der Waals surface area contributed by atoms with Crippen LogP contribution in [0.15, 0.2) is 36.4 Å². The lowest BCUT2D eigenvalue weighted by Crippen LogP contribution is -2.58. The first-order valence-electron chi connectivity index (χ1n) is 13.1. The summed E-state index contributed by atoms with van der Waals surface area (Å²) in [5, 5.41) is 79.6. The van der Waals surface area contributed by atoms with Gasteiger partial charge in [0.25, 0.3) is 0 Å². The van der Waals surface area contributed by atoms with Crippen LogP contribution in [0.1, 0.15) is 43.0 Å². The Morgan fingerprint density at radius 2 is 0.976 bits per heavy atom. The molecular formula is C30H28O12. The third-order valence-electron chi connectivity index (χ3n) is 7.56. The number of carbonyl (C=O) groups excluding carboxylic acids is 2. The molecule has 220 valence electrons. The third-order valence-corrected chi connectivity index (χ3v) is 7.56. The van der Waals surface area contributed by atoms with Crippen LogP contribution in [0.25, 0.3) is 0 Å². The summed E-state index contributed by atoms with van der Waals surface area (Å²) in [6.07, 6.45) is -14.6. The van der Waals surface area contributed by atoms with Crippen molar-refractivity contribution in [3.63, 3.8) is 0 Å². The van der Waals surface area contributed by atoms with Gasteiger partial charge in [-0.15, -0.1) is 0 Å². The highest BCUT2D eigenvalue weighted by Gasteiger charge is 2.44. The summed E-state index contributed by atoms with van der Waals surface area (Å²) >= 11 is 0. The molecule has 0 aromatic heterocycles. The number of aliphatic hydroxyl groups excluding tert-OH is 8. The molecule has 0 spiro atoms. The molecule has 0 bridgehead atoms. The second-order valence-corrected chi connectivity index (χ2v) is 10.2. The van der Waals surface area contributed by atoms with Gasteiger partial charge in [0.2, 0.25) is 0 Å². The van der Waals surface area contributed by atoms with Gasteiger partial charge in [0.05, 0.1) is 13.2 Å². The summed E-state index contributed by atoms with van der Waals surface area (Å²) < 4.78 is 10.8. The zero-order valence-electron chi connectivity index (χ0n) is 21.9. The molecule has 2 aromatic carbocycles. The normalized spacial score (nSPS) is 33.9. The Bertz CT molecular complexity index is 1400. The van der Waals surface area contributed by atoms with Gasteiger partial charge in [-0.3, -0.25) is 9.59 Å². The van der Waals surface area contributed by atoms with Gasteiger partial charge >= 0.3 is 0 Å². The highest BCUT2D eigenvalue weighted by Crippen LogP contribution is 2.32. The first-order valence-corrected chi connectivity index (χ1v) is 13.1. The van der Waals surface area contributed by atoms with Crippen LogP contribution in [0.4, 0.5) is 0 Å². The van der Waals surface area contributed by atoms with Gasteiger partial charge in [0, 0.05) is 33.4 Å². The van der Waals surface area contributed by atoms with Crippen LogP contribution in [0.3, 0.4) is 0 Å². The molecule has 8 N–H and O–H groups in total. The molecule has 42 heavy (non-hydrogen) atoms. The van der Waals surface area contributed by atoms with Crippen LogP contribution in [0.2, 0.25) is 0 Å². The second-order valence-electron chi connectivity index (χ2n) is 10.2. The fraction of sp³-hybridized carbons (Fsp3) is 0.400. The van der Waals surface area contributed by atoms with Crippen LogP contribution in [-0.2, 0) is 9.47 Å². The van der Waals surface area contributed by atoms with E-state index >= 15 is 0 Å². The van der Waals surface area contributed by atoms with Gasteiger partial charge in [-0.25, -0.2) is 0 Å². The van der Waals surface area contributed by atoms with Crippen molar-refractivity contribution < 1.29 is 59.9 Å². The predicted molar refractivity (Wildman–Crippen MR) is 141 cm³/mol. The number of ether oxygens (including phenoxy) is 2. The summed E-state index contributed by atoms with van der Waals surface area (Å²) in [6.45, 7) is -1.28. The number of carbonyl (C=O) groups is 2. The van der Waals surface area contributed by atoms with Crippen molar-refractivity contribution in [3.8, 4) is 23.7 Å². The first-order chi connectivity index (χ1) is 20.1. The second kappa shape index (κ2) is 12.0. The molecule has 2 aromatic rings. The average Bonchev–Trinajstić information content (AvgIpc) is 3.00. The van der Waals surface area contributed by atoms with Crippen molar-refractivity contribution in [2.24, 2.45) is 0 Å². The highest BCUT2D eigenvalue weighted by molar-refractivity contribution is 6.29. The van der Waals surface area contributed by atoms with E-state index in [1.54, 1.807) is 0 Å². The number of aliphatic hydroxyl groups is 8. The number of rotatable bonds is 2. The molecule has 2 fully saturated rings. The maximum Gasteiger partial charge on any atom is 0.197 e. The van der Waals surface area contributed by atoms with Crippen LogP contribution in [-0.4, -0.2) is 127 Å². The van der Waals surface area contributed by atoms with Crippen molar-refractivity contribution in [2.45, 2.75) is 61.0 Å². The molecule has 0 unspecified atom stereocenters. The van der Waals surface area contributed by atoms with Gasteiger partial charge in [-0.05, 0) is 12.1 Å². The molecule has 5 rings (SSSR count). The van der Waals surface area contributed by atoms with E-state index in [0.29, 0.717) is 0 Å². The lowest BCUT2D eigenvalue weighted by molar-refractivity contribution is -0.214. The van der Waals surface area contributed by atoms with E-state index in [1.807, 2.05) is 0 Å². The van der Waals surface area contributed by atoms with Crippen LogP contribution >= 0.6 is 0 Å². The molecule has 10 atom stereocenters. The molecule has 3 aliphatic rings. The van der Waals surface area contributed by atoms with E-state index in [-0.39, 0.29) is 33.4 Å². The minimum atomic E-state index is -1.64. The number of hydrogen-bond acceptors (Lipinski definition) is 12. The van der Waals surface area contributed by atoms with E-state index in [9.17, 15) is 50.4 Å². The Kier molecular flexibility index (Phi) is 8.57. The maximum atomic E-state index is 13.9. The smallest absolute Gasteiger partial charge is 0.197 e. The zero-order valence-corrected chi connectivity index (χ0v) is 21.9. The molecule has 2 heterocycles. The largest absolute Gasteiger partial charge is 0.394 e. The molecule has 12 nitrogen and oxygen atoms in total. The van der Waals surface area contributed by atoms with Crippen LogP contribution in [0, 0.1) is 23.7 Å². The van der Waals surface area contributed by atoms with Gasteiger partial charge in [-0.1, -0.05) is 47.9 Å². The quantitative estimate of drug-likeness (QED) is 0.141. The summed E-state index contributed by atoms with van der Waals surface area (Å²) in [7, 11) is 0. The van der Waals surface area contributed by atoms with Gasteiger partial charge in [0.1, 0.15) is 61.0 Å². The number of fused-ring (bicyclic) bond motifs is 2. The van der Waals surface area contributed by atoms with E-state index in [1.165, 1.54) is 36.4 Å². The summed E-state index contributed by atoms with van der Waals surface area (Å²) in [5.41, 5.74) is 0.318. The van der Waals surface area contributed by atoms with Gasteiger partial charge in [-0.2, -0.15) is 0 Å². The lowest BCUT2D eigenvalue weighted by atomic mass is 9.80. The third kappa shape index (κ3) is 5.15. The molecule has 2 aliphatic heterocycles. The molecule has 1 aliphatic carbocycles. The first kappa shape index (κ1) is 30.0. The van der Waals surface area contributed by atoms with E-state index in [4.69, 9.17) is 9.47 Å². The molecule has 2 saturated heterocycles. The summed E-state index contributed by atoms with van der Waals surface area (Å²) in [5.74, 6) is 9.59. The minimum absolute atomic E-state index is 0.0332. The van der Waals surface area contributed by atoms with Crippen molar-refractivity contribution >= 4 is 11.6 Å². The number of ketones is 2. The van der Waals surface area contributed by atoms with Gasteiger partial charge in [0.15, 0.2) is 11.6 Å². The van der Waals surface area contributed by atoms with E-state index in [2.05, 4.69) is 23.7 Å². The SMILES string of the molecule is O=C1c2cccc(C#C[C@@H]3O[C@H](CO)[C@@H](O)[C@H](O)[C@H]3O)c2C(=O)c2c(C#C[C@@H]3O[C@H](CO)[C@@H](O)[C@H](O)[C@H]3O)cccc21. The predicted octanol–water partition coefficient (Wildman–Crippen LogP) is -3.15. The van der Waals surface area contributed by atoms with E-state index < -0.39 is 85.8 Å². The fourth-order valence-corrected chi connectivity index (χ4v) is 5.19. The van der Waals surface area contributed by atoms with Crippen molar-refractivity contribution in [1.29, 1.82) is 0 Å². The Balaban J connectivity index is 1.51. The van der Waals surface area contributed by atoms with E-state index in [0.717, 1.165) is 0 Å². The Morgan fingerprint density at radius 3 is 1.36 bits per heavy atom. The molecule has 12 heteroatoms. The highest BCUT2D eigenvalue weighted by atomic mass is 16.5. The minimum Gasteiger partial charge on any atom is -0.394 e. The monoisotopic (exact) mass is 580 g/mol. The number of hydrogen-bond donors (Lipinski definition) is 8. The topological polar surface area (TPSA) is 214 Å². The molecule has 0 amide bonds. The lowest BCUT2D eigenvalue weighted by Gasteiger charge is -2.37. The Labute approximate surface area is 239 Å². The average molecular weight is 581 g/mol. The number of benzene rings is 2. The standard InChI is InChI=1S/C30H28O12/c31-11-19-26(36)29(39)24(34)17(41-19)9-7-13-3-1-5-15-21(13)28(38)22-14(4-2-6-16(22)23(15)33)8-10-18-25(35)30(40)27(37)20(12-32)42-18/h1-6,17-20,24-27,29-32,34-37,39-40H,11-12H2/t17-,18-,19+,20+,24-,25-,26+,27+,29+,30+/m0/s1. The van der Waals surface area contributed by atoms with Crippen LogP contribution < -0.4 is 0 Å².